The standard InChI is InChI=1S/C13H12N2O/c1-13(2)6-5-10-9-4-3-7-14-11(9)16-12(10)15-8-13/h3-8H,1-2H3. The molecule has 0 fully saturated rings. The Kier molecular flexibility index (Phi) is 1.78. The van der Waals surface area contributed by atoms with Crippen LogP contribution in [-0.2, 0) is 0 Å². The van der Waals surface area contributed by atoms with Crippen molar-refractivity contribution in [3.05, 3.63) is 30.0 Å². The molecule has 0 aliphatic carbocycles. The fourth-order valence-corrected chi connectivity index (χ4v) is 1.76. The lowest BCUT2D eigenvalue weighted by molar-refractivity contribution is 0.610. The van der Waals surface area contributed by atoms with Crippen molar-refractivity contribution in [3.63, 3.8) is 0 Å². The van der Waals surface area contributed by atoms with Crippen molar-refractivity contribution in [3.8, 4) is 0 Å². The van der Waals surface area contributed by atoms with Crippen LogP contribution in [0.3, 0.4) is 0 Å². The summed E-state index contributed by atoms with van der Waals surface area (Å²) in [5.74, 6) is 0.649. The van der Waals surface area contributed by atoms with E-state index in [2.05, 4.69) is 36.0 Å². The molecule has 2 aromatic heterocycles. The van der Waals surface area contributed by atoms with Crippen molar-refractivity contribution in [2.24, 2.45) is 10.4 Å². The van der Waals surface area contributed by atoms with Crippen LogP contribution in [0.5, 0.6) is 0 Å². The predicted octanol–water partition coefficient (Wildman–Crippen LogP) is 3.58. The number of hydrogen-bond donors (Lipinski definition) is 0. The van der Waals surface area contributed by atoms with Gasteiger partial charge >= 0.3 is 0 Å². The van der Waals surface area contributed by atoms with Crippen molar-refractivity contribution in [2.75, 3.05) is 0 Å². The number of allylic oxidation sites excluding steroid dienone is 1. The average Bonchev–Trinajstić information content (AvgIpc) is 2.54. The average molecular weight is 212 g/mol. The van der Waals surface area contributed by atoms with E-state index in [1.54, 1.807) is 6.20 Å². The molecule has 0 radical (unpaired) electrons. The SMILES string of the molecule is CC1(C)C=Cc2c(oc3ncccc23)N=C1. The van der Waals surface area contributed by atoms with E-state index in [9.17, 15) is 0 Å². The monoisotopic (exact) mass is 212 g/mol. The summed E-state index contributed by atoms with van der Waals surface area (Å²) in [6.07, 6.45) is 7.82. The molecule has 80 valence electrons. The Bertz CT molecular complexity index is 605. The highest BCUT2D eigenvalue weighted by molar-refractivity contribution is 5.92. The van der Waals surface area contributed by atoms with Crippen LogP contribution in [0.1, 0.15) is 19.4 Å². The van der Waals surface area contributed by atoms with E-state index in [0.717, 1.165) is 10.9 Å². The van der Waals surface area contributed by atoms with Gasteiger partial charge in [-0.2, -0.15) is 0 Å². The minimum absolute atomic E-state index is 0.0317. The van der Waals surface area contributed by atoms with Crippen LogP contribution >= 0.6 is 0 Å². The smallest absolute Gasteiger partial charge is 0.229 e. The zero-order valence-corrected chi connectivity index (χ0v) is 9.27. The molecule has 1 aliphatic heterocycles. The van der Waals surface area contributed by atoms with Gasteiger partial charge < -0.3 is 4.42 Å². The van der Waals surface area contributed by atoms with E-state index in [-0.39, 0.29) is 5.41 Å². The number of fused-ring (bicyclic) bond motifs is 3. The lowest BCUT2D eigenvalue weighted by Gasteiger charge is -2.10. The lowest BCUT2D eigenvalue weighted by atomic mass is 9.94. The number of nitrogens with zero attached hydrogens (tertiary/aromatic N) is 2. The Morgan fingerprint density at radius 3 is 3.06 bits per heavy atom. The lowest BCUT2D eigenvalue weighted by Crippen LogP contribution is -2.07. The summed E-state index contributed by atoms with van der Waals surface area (Å²) in [5.41, 5.74) is 1.63. The summed E-state index contributed by atoms with van der Waals surface area (Å²) in [5, 5.41) is 1.02. The molecular weight excluding hydrogens is 200 g/mol. The molecule has 0 N–H and O–H groups in total. The fourth-order valence-electron chi connectivity index (χ4n) is 1.76. The highest BCUT2D eigenvalue weighted by Crippen LogP contribution is 2.35. The summed E-state index contributed by atoms with van der Waals surface area (Å²) in [6, 6.07) is 3.91. The van der Waals surface area contributed by atoms with Crippen LogP contribution in [0.4, 0.5) is 5.88 Å². The van der Waals surface area contributed by atoms with Gasteiger partial charge in [0.05, 0.1) is 0 Å². The summed E-state index contributed by atoms with van der Waals surface area (Å²) < 4.78 is 5.60. The molecule has 0 atom stereocenters. The summed E-state index contributed by atoms with van der Waals surface area (Å²) >= 11 is 0. The van der Waals surface area contributed by atoms with Crippen LogP contribution in [-0.4, -0.2) is 11.2 Å². The molecule has 2 aromatic rings. The first-order chi connectivity index (χ1) is 7.66. The number of aliphatic imine (C=N–C) groups is 1. The van der Waals surface area contributed by atoms with Gasteiger partial charge in [-0.1, -0.05) is 26.0 Å². The zero-order valence-electron chi connectivity index (χ0n) is 9.27. The van der Waals surface area contributed by atoms with Gasteiger partial charge in [0.15, 0.2) is 0 Å². The third-order valence-electron chi connectivity index (χ3n) is 2.68. The largest absolute Gasteiger partial charge is 0.419 e. The van der Waals surface area contributed by atoms with Crippen LogP contribution < -0.4 is 0 Å². The third kappa shape index (κ3) is 1.36. The third-order valence-corrected chi connectivity index (χ3v) is 2.68. The van der Waals surface area contributed by atoms with E-state index >= 15 is 0 Å². The fraction of sp³-hybridized carbons (Fsp3) is 0.231. The molecule has 0 saturated heterocycles. The summed E-state index contributed by atoms with van der Waals surface area (Å²) in [7, 11) is 0. The number of rotatable bonds is 0. The van der Waals surface area contributed by atoms with Gasteiger partial charge in [0.25, 0.3) is 0 Å². The first kappa shape index (κ1) is 9.33. The Hall–Kier alpha value is -1.90. The first-order valence-corrected chi connectivity index (χ1v) is 5.28. The minimum Gasteiger partial charge on any atom is -0.419 e. The van der Waals surface area contributed by atoms with E-state index in [0.29, 0.717) is 11.6 Å². The van der Waals surface area contributed by atoms with Gasteiger partial charge in [-0.25, -0.2) is 9.98 Å². The van der Waals surface area contributed by atoms with Crippen molar-refractivity contribution < 1.29 is 4.42 Å². The number of hydrogen-bond acceptors (Lipinski definition) is 3. The number of furan rings is 1. The molecule has 1 aliphatic rings. The van der Waals surface area contributed by atoms with Crippen molar-refractivity contribution >= 4 is 29.3 Å². The quantitative estimate of drug-likeness (QED) is 0.669. The maximum absolute atomic E-state index is 5.60. The van der Waals surface area contributed by atoms with Gasteiger partial charge in [-0.05, 0) is 12.1 Å². The molecule has 3 rings (SSSR count). The van der Waals surface area contributed by atoms with Crippen molar-refractivity contribution in [1.29, 1.82) is 0 Å². The van der Waals surface area contributed by atoms with Crippen LogP contribution in [0.2, 0.25) is 0 Å². The molecule has 0 saturated carbocycles. The molecule has 16 heavy (non-hydrogen) atoms. The molecule has 0 spiro atoms. The van der Waals surface area contributed by atoms with Crippen LogP contribution in [0.25, 0.3) is 17.2 Å². The predicted molar refractivity (Wildman–Crippen MR) is 65.0 cm³/mol. The minimum atomic E-state index is -0.0317. The highest BCUT2D eigenvalue weighted by atomic mass is 16.4. The maximum Gasteiger partial charge on any atom is 0.229 e. The van der Waals surface area contributed by atoms with Crippen molar-refractivity contribution in [2.45, 2.75) is 13.8 Å². The molecule has 3 heteroatoms. The van der Waals surface area contributed by atoms with Gasteiger partial charge in [-0.3, -0.25) is 0 Å². The Labute approximate surface area is 93.5 Å². The Morgan fingerprint density at radius 2 is 2.19 bits per heavy atom. The molecule has 0 unspecified atom stereocenters. The van der Waals surface area contributed by atoms with E-state index < -0.39 is 0 Å². The second-order valence-corrected chi connectivity index (χ2v) is 4.59. The Balaban J connectivity index is 2.30. The van der Waals surface area contributed by atoms with E-state index in [4.69, 9.17) is 4.42 Å². The second kappa shape index (κ2) is 3.04. The molecule has 3 nitrogen and oxygen atoms in total. The normalized spacial score (nSPS) is 17.4. The van der Waals surface area contributed by atoms with Crippen molar-refractivity contribution in [1.82, 2.24) is 4.98 Å². The zero-order chi connectivity index (χ0) is 11.2. The van der Waals surface area contributed by atoms with Crippen LogP contribution in [0, 0.1) is 5.41 Å². The molecule has 0 amide bonds. The molecule has 0 bridgehead atoms. The highest BCUT2D eigenvalue weighted by Gasteiger charge is 2.18. The molecule has 3 heterocycles. The Morgan fingerprint density at radius 1 is 1.31 bits per heavy atom. The summed E-state index contributed by atoms with van der Waals surface area (Å²) in [4.78, 5) is 8.56. The van der Waals surface area contributed by atoms with Gasteiger partial charge in [0.2, 0.25) is 11.6 Å². The van der Waals surface area contributed by atoms with Gasteiger partial charge in [-0.15, -0.1) is 0 Å². The van der Waals surface area contributed by atoms with E-state index in [1.807, 2.05) is 18.3 Å². The van der Waals surface area contributed by atoms with Gasteiger partial charge in [0, 0.05) is 28.8 Å². The number of aromatic nitrogens is 1. The second-order valence-electron chi connectivity index (χ2n) is 4.59. The first-order valence-electron chi connectivity index (χ1n) is 5.28. The topological polar surface area (TPSA) is 38.4 Å². The molecule has 0 aromatic carbocycles. The maximum atomic E-state index is 5.60. The summed E-state index contributed by atoms with van der Waals surface area (Å²) in [6.45, 7) is 4.22. The molecular formula is C13H12N2O. The van der Waals surface area contributed by atoms with Gasteiger partial charge in [0.1, 0.15) is 0 Å². The van der Waals surface area contributed by atoms with E-state index in [1.165, 1.54) is 0 Å². The van der Waals surface area contributed by atoms with Crippen LogP contribution in [0.15, 0.2) is 33.8 Å². The number of pyridine rings is 1.